The molecule has 0 atom stereocenters. The van der Waals surface area contributed by atoms with Gasteiger partial charge in [0.2, 0.25) is 0 Å². The van der Waals surface area contributed by atoms with Gasteiger partial charge in [0.25, 0.3) is 5.91 Å². The predicted molar refractivity (Wildman–Crippen MR) is 113 cm³/mol. The van der Waals surface area contributed by atoms with Gasteiger partial charge in [-0.2, -0.15) is 0 Å². The van der Waals surface area contributed by atoms with Gasteiger partial charge in [0.05, 0.1) is 11.4 Å². The second kappa shape index (κ2) is 9.27. The van der Waals surface area contributed by atoms with E-state index >= 15 is 0 Å². The standard InChI is InChI=1S/C22H22N4O3/c23-18-5-3-4-16(12-18)14-29-22(28)25-13-15-8-10-17(11-9-15)21(27)26-20-7-2-1-6-19(20)24/h1-12H,13-14,23-24H2,(H,25,28)(H,26,27). The molecule has 0 aromatic heterocycles. The molecule has 6 N–H and O–H groups in total. The molecule has 3 aromatic rings. The Morgan fingerprint density at radius 2 is 1.62 bits per heavy atom. The highest BCUT2D eigenvalue weighted by Crippen LogP contribution is 2.18. The van der Waals surface area contributed by atoms with Gasteiger partial charge in [-0.15, -0.1) is 0 Å². The minimum Gasteiger partial charge on any atom is -0.445 e. The van der Waals surface area contributed by atoms with Crippen LogP contribution in [0.4, 0.5) is 21.9 Å². The molecule has 148 valence electrons. The molecule has 0 unspecified atom stereocenters. The summed E-state index contributed by atoms with van der Waals surface area (Å²) in [5, 5.41) is 5.44. The zero-order valence-electron chi connectivity index (χ0n) is 15.7. The Morgan fingerprint density at radius 1 is 0.862 bits per heavy atom. The van der Waals surface area contributed by atoms with Crippen molar-refractivity contribution in [3.8, 4) is 0 Å². The Balaban J connectivity index is 1.48. The highest BCUT2D eigenvalue weighted by atomic mass is 16.5. The molecule has 0 aliphatic rings. The fraction of sp³-hybridized carbons (Fsp3) is 0.0909. The van der Waals surface area contributed by atoms with Crippen molar-refractivity contribution in [1.82, 2.24) is 5.32 Å². The van der Waals surface area contributed by atoms with Crippen LogP contribution >= 0.6 is 0 Å². The lowest BCUT2D eigenvalue weighted by Crippen LogP contribution is -2.23. The van der Waals surface area contributed by atoms with Crippen LogP contribution in [0.3, 0.4) is 0 Å². The zero-order chi connectivity index (χ0) is 20.6. The molecular formula is C22H22N4O3. The smallest absolute Gasteiger partial charge is 0.407 e. The molecule has 7 nitrogen and oxygen atoms in total. The van der Waals surface area contributed by atoms with Crippen molar-refractivity contribution in [3.05, 3.63) is 89.5 Å². The predicted octanol–water partition coefficient (Wildman–Crippen LogP) is 3.53. The van der Waals surface area contributed by atoms with Crippen LogP contribution in [0.2, 0.25) is 0 Å². The van der Waals surface area contributed by atoms with E-state index in [1.165, 1.54) is 0 Å². The lowest BCUT2D eigenvalue weighted by molar-refractivity contribution is 0.102. The summed E-state index contributed by atoms with van der Waals surface area (Å²) in [4.78, 5) is 24.2. The van der Waals surface area contributed by atoms with Crippen molar-refractivity contribution in [1.29, 1.82) is 0 Å². The van der Waals surface area contributed by atoms with Crippen molar-refractivity contribution in [2.24, 2.45) is 0 Å². The van der Waals surface area contributed by atoms with E-state index in [2.05, 4.69) is 10.6 Å². The molecule has 0 bridgehead atoms. The van der Waals surface area contributed by atoms with Gasteiger partial charge in [-0.05, 0) is 47.5 Å². The fourth-order valence-corrected chi connectivity index (χ4v) is 2.64. The second-order valence-corrected chi connectivity index (χ2v) is 6.41. The average Bonchev–Trinajstić information content (AvgIpc) is 2.73. The minimum atomic E-state index is -0.534. The topological polar surface area (TPSA) is 119 Å². The van der Waals surface area contributed by atoms with E-state index in [4.69, 9.17) is 16.2 Å². The number of para-hydroxylation sites is 2. The minimum absolute atomic E-state index is 0.137. The maximum Gasteiger partial charge on any atom is 0.407 e. The summed E-state index contributed by atoms with van der Waals surface area (Å²) < 4.78 is 5.16. The van der Waals surface area contributed by atoms with Crippen molar-refractivity contribution >= 4 is 29.1 Å². The van der Waals surface area contributed by atoms with Gasteiger partial charge >= 0.3 is 6.09 Å². The van der Waals surface area contributed by atoms with Crippen LogP contribution in [0, 0.1) is 0 Å². The largest absolute Gasteiger partial charge is 0.445 e. The highest BCUT2D eigenvalue weighted by molar-refractivity contribution is 6.05. The summed E-state index contributed by atoms with van der Waals surface area (Å²) in [7, 11) is 0. The summed E-state index contributed by atoms with van der Waals surface area (Å²) in [6, 6.07) is 21.1. The number of ether oxygens (including phenoxy) is 1. The van der Waals surface area contributed by atoms with Crippen LogP contribution in [0.25, 0.3) is 0 Å². The first-order chi connectivity index (χ1) is 14.0. The summed E-state index contributed by atoms with van der Waals surface area (Å²) in [6.07, 6.45) is -0.534. The summed E-state index contributed by atoms with van der Waals surface area (Å²) in [5.41, 5.74) is 15.3. The maximum absolute atomic E-state index is 12.3. The third-order valence-corrected chi connectivity index (χ3v) is 4.18. The number of nitrogens with one attached hydrogen (secondary N) is 2. The highest BCUT2D eigenvalue weighted by Gasteiger charge is 2.08. The van der Waals surface area contributed by atoms with Gasteiger partial charge in [-0.3, -0.25) is 4.79 Å². The first kappa shape index (κ1) is 19.8. The number of hydrogen-bond acceptors (Lipinski definition) is 5. The van der Waals surface area contributed by atoms with E-state index in [1.807, 2.05) is 6.07 Å². The Kier molecular flexibility index (Phi) is 6.32. The van der Waals surface area contributed by atoms with E-state index in [9.17, 15) is 9.59 Å². The van der Waals surface area contributed by atoms with E-state index < -0.39 is 6.09 Å². The van der Waals surface area contributed by atoms with Crippen LogP contribution in [-0.4, -0.2) is 12.0 Å². The number of carbonyl (C=O) groups excluding carboxylic acids is 2. The lowest BCUT2D eigenvalue weighted by Gasteiger charge is -2.09. The van der Waals surface area contributed by atoms with Gasteiger partial charge < -0.3 is 26.8 Å². The number of carbonyl (C=O) groups is 2. The number of anilines is 3. The van der Waals surface area contributed by atoms with Crippen LogP contribution in [-0.2, 0) is 17.9 Å². The lowest BCUT2D eigenvalue weighted by atomic mass is 10.1. The van der Waals surface area contributed by atoms with E-state index in [0.717, 1.165) is 11.1 Å². The molecule has 3 aromatic carbocycles. The van der Waals surface area contributed by atoms with Crippen LogP contribution < -0.4 is 22.1 Å². The molecular weight excluding hydrogens is 368 g/mol. The van der Waals surface area contributed by atoms with E-state index in [1.54, 1.807) is 66.7 Å². The number of amides is 2. The quantitative estimate of drug-likeness (QED) is 0.480. The van der Waals surface area contributed by atoms with Gasteiger partial charge in [0.1, 0.15) is 6.61 Å². The van der Waals surface area contributed by atoms with Crippen LogP contribution in [0.5, 0.6) is 0 Å². The van der Waals surface area contributed by atoms with Gasteiger partial charge in [-0.1, -0.05) is 36.4 Å². The fourth-order valence-electron chi connectivity index (χ4n) is 2.64. The molecule has 2 amide bonds. The van der Waals surface area contributed by atoms with Crippen molar-refractivity contribution in [3.63, 3.8) is 0 Å². The third-order valence-electron chi connectivity index (χ3n) is 4.18. The van der Waals surface area contributed by atoms with Gasteiger partial charge in [0, 0.05) is 17.8 Å². The molecule has 0 aliphatic heterocycles. The van der Waals surface area contributed by atoms with Crippen LogP contribution in [0.1, 0.15) is 21.5 Å². The second-order valence-electron chi connectivity index (χ2n) is 6.41. The monoisotopic (exact) mass is 390 g/mol. The molecule has 29 heavy (non-hydrogen) atoms. The Bertz CT molecular complexity index is 1000. The average molecular weight is 390 g/mol. The number of nitrogens with two attached hydrogens (primary N) is 2. The number of alkyl carbamates (subject to hydrolysis) is 1. The van der Waals surface area contributed by atoms with Gasteiger partial charge in [0.15, 0.2) is 0 Å². The molecule has 0 aliphatic carbocycles. The first-order valence-corrected chi connectivity index (χ1v) is 9.01. The SMILES string of the molecule is Nc1cccc(COC(=O)NCc2ccc(C(=O)Nc3ccccc3N)cc2)c1. The van der Waals surface area contributed by atoms with Crippen LogP contribution in [0.15, 0.2) is 72.8 Å². The van der Waals surface area contributed by atoms with Crippen molar-refractivity contribution in [2.75, 3.05) is 16.8 Å². The molecule has 0 radical (unpaired) electrons. The molecule has 3 rings (SSSR count). The number of benzene rings is 3. The Labute approximate surface area is 168 Å². The first-order valence-electron chi connectivity index (χ1n) is 9.01. The molecule has 0 spiro atoms. The maximum atomic E-state index is 12.3. The Hall–Kier alpha value is -4.00. The van der Waals surface area contributed by atoms with E-state index in [-0.39, 0.29) is 19.1 Å². The third kappa shape index (κ3) is 5.74. The molecule has 0 heterocycles. The molecule has 7 heteroatoms. The summed E-state index contributed by atoms with van der Waals surface area (Å²) in [5.74, 6) is -0.260. The normalized spacial score (nSPS) is 10.2. The van der Waals surface area contributed by atoms with Crippen molar-refractivity contribution < 1.29 is 14.3 Å². The zero-order valence-corrected chi connectivity index (χ0v) is 15.7. The summed E-state index contributed by atoms with van der Waals surface area (Å²) >= 11 is 0. The number of rotatable bonds is 6. The summed E-state index contributed by atoms with van der Waals surface area (Å²) in [6.45, 7) is 0.419. The molecule has 0 saturated heterocycles. The van der Waals surface area contributed by atoms with Gasteiger partial charge in [-0.25, -0.2) is 4.79 Å². The van der Waals surface area contributed by atoms with Crippen molar-refractivity contribution in [2.45, 2.75) is 13.2 Å². The Morgan fingerprint density at radius 3 is 2.34 bits per heavy atom. The van der Waals surface area contributed by atoms with E-state index in [0.29, 0.717) is 22.6 Å². The molecule has 0 saturated carbocycles. The number of nitrogen functional groups attached to an aromatic ring is 2. The number of hydrogen-bond donors (Lipinski definition) is 4. The molecule has 0 fully saturated rings.